The minimum Gasteiger partial charge on any atom is -0.491 e. The van der Waals surface area contributed by atoms with Gasteiger partial charge in [0.15, 0.2) is 0 Å². The van der Waals surface area contributed by atoms with Crippen molar-refractivity contribution in [2.45, 2.75) is 6.10 Å². The predicted molar refractivity (Wildman–Crippen MR) is 131 cm³/mol. The van der Waals surface area contributed by atoms with E-state index in [1.54, 1.807) is 47.5 Å². The molecule has 1 unspecified atom stereocenters. The smallest absolute Gasteiger partial charge is 0.229 e. The fraction of sp³-hybridized carbons (Fsp3) is 0.304. The zero-order valence-electron chi connectivity index (χ0n) is 18.4. The lowest BCUT2D eigenvalue weighted by atomic mass is 10.2. The molecule has 0 aliphatic rings. The second kappa shape index (κ2) is 12.0. The van der Waals surface area contributed by atoms with Crippen LogP contribution in [0.15, 0.2) is 54.7 Å². The average molecular weight is 494 g/mol. The van der Waals surface area contributed by atoms with Crippen molar-refractivity contribution in [2.75, 3.05) is 50.7 Å². The van der Waals surface area contributed by atoms with Crippen LogP contribution in [-0.2, 0) is 0 Å². The number of rotatable bonds is 11. The molecule has 0 fully saturated rings. The van der Waals surface area contributed by atoms with Crippen molar-refractivity contribution in [2.24, 2.45) is 0 Å². The molecule has 0 amide bonds. The molecule has 1 heterocycles. The van der Waals surface area contributed by atoms with E-state index < -0.39 is 12.8 Å². The number of halogens is 3. The number of alkyl halides is 1. The highest BCUT2D eigenvalue weighted by atomic mass is 35.5. The van der Waals surface area contributed by atoms with Crippen LogP contribution in [-0.4, -0.2) is 66.5 Å². The Bertz CT molecular complexity index is 1040. The number of benzene rings is 2. The number of hydrogen-bond acceptors (Lipinski definition) is 7. The van der Waals surface area contributed by atoms with Gasteiger partial charge in [-0.05, 0) is 62.6 Å². The number of hydrogen-bond donors (Lipinski definition) is 2. The molecule has 3 aromatic rings. The lowest BCUT2D eigenvalue weighted by Gasteiger charge is -2.24. The molecule has 0 radical (unpaired) electrons. The summed E-state index contributed by atoms with van der Waals surface area (Å²) >= 11 is 12.4. The summed E-state index contributed by atoms with van der Waals surface area (Å²) in [6.07, 6.45) is 1.01. The first-order valence-electron chi connectivity index (χ1n) is 10.3. The summed E-state index contributed by atoms with van der Waals surface area (Å²) in [7, 11) is 3.78. The second-order valence-corrected chi connectivity index (χ2v) is 8.39. The van der Waals surface area contributed by atoms with Gasteiger partial charge in [0.1, 0.15) is 31.0 Å². The number of likely N-dealkylation sites (N-methyl/N-ethyl adjacent to an activating group) is 1. The van der Waals surface area contributed by atoms with Gasteiger partial charge in [-0.25, -0.2) is 9.37 Å². The highest BCUT2D eigenvalue weighted by molar-refractivity contribution is 6.35. The van der Waals surface area contributed by atoms with Gasteiger partial charge in [-0.3, -0.25) is 0 Å². The lowest BCUT2D eigenvalue weighted by molar-refractivity contribution is 0.0831. The van der Waals surface area contributed by atoms with Crippen LogP contribution >= 0.6 is 23.2 Å². The SMILES string of the molecule is CN(C)CC(O)COc1ccc(Nc2nccc(N(CCF)c3cc(Cl)ccc3Cl)n2)cc1. The molecule has 7 nitrogen and oxygen atoms in total. The maximum Gasteiger partial charge on any atom is 0.229 e. The van der Waals surface area contributed by atoms with Crippen LogP contribution in [0.4, 0.5) is 27.5 Å². The molecule has 0 aliphatic heterocycles. The number of anilines is 4. The van der Waals surface area contributed by atoms with Crippen LogP contribution in [0.3, 0.4) is 0 Å². The molecule has 33 heavy (non-hydrogen) atoms. The third kappa shape index (κ3) is 7.43. The van der Waals surface area contributed by atoms with Crippen molar-refractivity contribution in [1.29, 1.82) is 0 Å². The van der Waals surface area contributed by atoms with Gasteiger partial charge in [0.05, 0.1) is 17.3 Å². The standard InChI is InChI=1S/C23H26Cl2FN5O2/c1-30(2)14-18(32)15-33-19-6-4-17(5-7-19)28-23-27-11-9-22(29-23)31(12-10-26)21-13-16(24)3-8-20(21)25/h3-9,11,13,18,32H,10,12,14-15H2,1-2H3,(H,27,28,29). The van der Waals surface area contributed by atoms with Crippen LogP contribution in [0.1, 0.15) is 0 Å². The van der Waals surface area contributed by atoms with Crippen molar-refractivity contribution < 1.29 is 14.2 Å². The van der Waals surface area contributed by atoms with Crippen molar-refractivity contribution in [3.8, 4) is 5.75 Å². The summed E-state index contributed by atoms with van der Waals surface area (Å²) in [5.74, 6) is 1.45. The zero-order chi connectivity index (χ0) is 23.8. The van der Waals surface area contributed by atoms with E-state index in [1.165, 1.54) is 0 Å². The van der Waals surface area contributed by atoms with Crippen molar-refractivity contribution in [3.63, 3.8) is 0 Å². The normalized spacial score (nSPS) is 12.0. The van der Waals surface area contributed by atoms with Crippen LogP contribution in [0.2, 0.25) is 10.0 Å². The first-order chi connectivity index (χ1) is 15.9. The molecule has 0 saturated heterocycles. The van der Waals surface area contributed by atoms with Crippen LogP contribution < -0.4 is 15.0 Å². The molecule has 3 rings (SSSR count). The number of nitrogens with zero attached hydrogens (tertiary/aromatic N) is 4. The van der Waals surface area contributed by atoms with Crippen LogP contribution in [0, 0.1) is 0 Å². The van der Waals surface area contributed by atoms with E-state index in [2.05, 4.69) is 15.3 Å². The van der Waals surface area contributed by atoms with Crippen molar-refractivity contribution in [1.82, 2.24) is 14.9 Å². The Kier molecular flexibility index (Phi) is 9.08. The van der Waals surface area contributed by atoms with E-state index in [1.807, 2.05) is 31.1 Å². The molecule has 0 spiro atoms. The number of aliphatic hydroxyl groups is 1. The van der Waals surface area contributed by atoms with Gasteiger partial charge < -0.3 is 25.0 Å². The maximum atomic E-state index is 13.3. The highest BCUT2D eigenvalue weighted by Gasteiger charge is 2.16. The Morgan fingerprint density at radius 1 is 1.12 bits per heavy atom. The van der Waals surface area contributed by atoms with Gasteiger partial charge in [-0.1, -0.05) is 23.2 Å². The van der Waals surface area contributed by atoms with Crippen LogP contribution in [0.25, 0.3) is 0 Å². The number of aliphatic hydroxyl groups excluding tert-OH is 1. The summed E-state index contributed by atoms with van der Waals surface area (Å²) in [4.78, 5) is 12.3. The third-order valence-electron chi connectivity index (χ3n) is 4.55. The van der Waals surface area contributed by atoms with Crippen molar-refractivity contribution in [3.05, 3.63) is 64.8 Å². The molecule has 2 aromatic carbocycles. The van der Waals surface area contributed by atoms with Gasteiger partial charge in [0, 0.05) is 23.5 Å². The maximum absolute atomic E-state index is 13.3. The largest absolute Gasteiger partial charge is 0.491 e. The minimum atomic E-state index is -0.597. The fourth-order valence-electron chi connectivity index (χ4n) is 3.13. The van der Waals surface area contributed by atoms with Crippen LogP contribution in [0.5, 0.6) is 5.75 Å². The van der Waals surface area contributed by atoms with Gasteiger partial charge in [0.2, 0.25) is 5.95 Å². The second-order valence-electron chi connectivity index (χ2n) is 7.55. The highest BCUT2D eigenvalue weighted by Crippen LogP contribution is 2.33. The fourth-order valence-corrected chi connectivity index (χ4v) is 3.51. The van der Waals surface area contributed by atoms with E-state index >= 15 is 0 Å². The third-order valence-corrected chi connectivity index (χ3v) is 5.11. The van der Waals surface area contributed by atoms with E-state index in [-0.39, 0.29) is 13.2 Å². The van der Waals surface area contributed by atoms with Gasteiger partial charge >= 0.3 is 0 Å². The number of nitrogens with one attached hydrogen (secondary N) is 1. The monoisotopic (exact) mass is 493 g/mol. The molecule has 1 aromatic heterocycles. The first-order valence-corrected chi connectivity index (χ1v) is 11.1. The summed E-state index contributed by atoms with van der Waals surface area (Å²) in [6, 6.07) is 13.9. The average Bonchev–Trinajstić information content (AvgIpc) is 2.78. The quantitative estimate of drug-likeness (QED) is 0.391. The van der Waals surface area contributed by atoms with E-state index in [0.29, 0.717) is 39.8 Å². The first kappa shape index (κ1) is 25.0. The Morgan fingerprint density at radius 2 is 1.88 bits per heavy atom. The molecule has 0 bridgehead atoms. The topological polar surface area (TPSA) is 73.8 Å². The molecule has 0 aliphatic carbocycles. The zero-order valence-corrected chi connectivity index (χ0v) is 19.9. The van der Waals surface area contributed by atoms with E-state index in [0.717, 1.165) is 5.69 Å². The predicted octanol–water partition coefficient (Wildman–Crippen LogP) is 4.94. The molecular weight excluding hydrogens is 468 g/mol. The molecular formula is C23H26Cl2FN5O2. The number of aromatic nitrogens is 2. The van der Waals surface area contributed by atoms with E-state index in [9.17, 15) is 9.50 Å². The van der Waals surface area contributed by atoms with Crippen molar-refractivity contribution >= 4 is 46.3 Å². The Morgan fingerprint density at radius 3 is 2.58 bits per heavy atom. The summed E-state index contributed by atoms with van der Waals surface area (Å²) in [6.45, 7) is 0.183. The summed E-state index contributed by atoms with van der Waals surface area (Å²) < 4.78 is 18.9. The van der Waals surface area contributed by atoms with E-state index in [4.69, 9.17) is 27.9 Å². The van der Waals surface area contributed by atoms with Gasteiger partial charge in [-0.2, -0.15) is 4.98 Å². The lowest BCUT2D eigenvalue weighted by Crippen LogP contribution is -2.30. The molecule has 1 atom stereocenters. The molecule has 0 saturated carbocycles. The molecule has 2 N–H and O–H groups in total. The summed E-state index contributed by atoms with van der Waals surface area (Å²) in [5, 5.41) is 14.0. The molecule has 10 heteroatoms. The summed E-state index contributed by atoms with van der Waals surface area (Å²) in [5.41, 5.74) is 1.30. The Hall–Kier alpha value is -2.65. The Balaban J connectivity index is 1.71. The number of ether oxygens (including phenoxy) is 1. The Labute approximate surface area is 202 Å². The van der Waals surface area contributed by atoms with Gasteiger partial charge in [-0.15, -0.1) is 0 Å². The molecule has 176 valence electrons. The van der Waals surface area contributed by atoms with Gasteiger partial charge in [0.25, 0.3) is 0 Å². The minimum absolute atomic E-state index is 0.0578.